The molecule has 6 N–H and O–H groups in total. The van der Waals surface area contributed by atoms with Crippen LogP contribution in [0.5, 0.6) is 5.75 Å². The zero-order valence-corrected chi connectivity index (χ0v) is 17.8. The van der Waals surface area contributed by atoms with Crippen LogP contribution in [0.1, 0.15) is 42.4 Å². The molecule has 0 aliphatic carbocycles. The molecule has 31 heavy (non-hydrogen) atoms. The second kappa shape index (κ2) is 9.63. The van der Waals surface area contributed by atoms with Gasteiger partial charge >= 0.3 is 5.97 Å². The van der Waals surface area contributed by atoms with Crippen molar-refractivity contribution in [2.75, 3.05) is 11.5 Å². The van der Waals surface area contributed by atoms with Gasteiger partial charge in [0.15, 0.2) is 0 Å². The number of benzene rings is 2. The van der Waals surface area contributed by atoms with Crippen molar-refractivity contribution < 1.29 is 15.0 Å². The third kappa shape index (κ3) is 5.97. The van der Waals surface area contributed by atoms with Crippen LogP contribution in [0.4, 0.5) is 11.4 Å². The van der Waals surface area contributed by atoms with E-state index in [2.05, 4.69) is 26.8 Å². The predicted molar refractivity (Wildman–Crippen MR) is 122 cm³/mol. The van der Waals surface area contributed by atoms with Crippen molar-refractivity contribution in [3.05, 3.63) is 71.4 Å². The molecular weight excluding hydrogens is 392 g/mol. The number of nitriles is 1. The Hall–Kier alpha value is -4.05. The molecule has 0 spiro atoms. The monoisotopic (exact) mass is 418 g/mol. The van der Waals surface area contributed by atoms with Crippen molar-refractivity contribution >= 4 is 17.3 Å². The number of nitrogen functional groups attached to an aromatic ring is 2. The molecule has 0 radical (unpaired) electrons. The summed E-state index contributed by atoms with van der Waals surface area (Å²) < 4.78 is 0. The summed E-state index contributed by atoms with van der Waals surface area (Å²) in [6.07, 6.45) is 0.358. The number of aromatic carboxylic acids is 1. The van der Waals surface area contributed by atoms with Gasteiger partial charge in [-0.05, 0) is 35.9 Å². The van der Waals surface area contributed by atoms with Crippen LogP contribution in [-0.4, -0.2) is 21.2 Å². The fourth-order valence-corrected chi connectivity index (χ4v) is 2.82. The van der Waals surface area contributed by atoms with E-state index in [4.69, 9.17) is 31.9 Å². The number of anilines is 2. The molecule has 0 atom stereocenters. The molecule has 0 saturated carbocycles. The van der Waals surface area contributed by atoms with E-state index in [0.717, 1.165) is 22.5 Å². The Morgan fingerprint density at radius 1 is 1.10 bits per heavy atom. The van der Waals surface area contributed by atoms with Crippen molar-refractivity contribution in [3.8, 4) is 23.1 Å². The van der Waals surface area contributed by atoms with Gasteiger partial charge in [0.1, 0.15) is 11.3 Å². The number of nitrogens with zero attached hydrogens (tertiary/aromatic N) is 2. The van der Waals surface area contributed by atoms with Crippen LogP contribution in [-0.2, 0) is 11.8 Å². The van der Waals surface area contributed by atoms with Gasteiger partial charge in [-0.15, -0.1) is 0 Å². The highest BCUT2D eigenvalue weighted by molar-refractivity contribution is 5.91. The molecule has 0 fully saturated rings. The van der Waals surface area contributed by atoms with E-state index in [0.29, 0.717) is 17.8 Å². The third-order valence-corrected chi connectivity index (χ3v) is 4.49. The Morgan fingerprint density at radius 3 is 2.35 bits per heavy atom. The van der Waals surface area contributed by atoms with Crippen LogP contribution in [0, 0.1) is 11.3 Å². The molecular formula is C24H26N4O3. The first-order chi connectivity index (χ1) is 14.5. The van der Waals surface area contributed by atoms with E-state index in [1.807, 2.05) is 36.4 Å². The number of carboxylic acid groups (broad SMARTS) is 1. The second-order valence-corrected chi connectivity index (χ2v) is 7.96. The number of nitrogens with two attached hydrogens (primary N) is 2. The topological polar surface area (TPSA) is 146 Å². The SMILES string of the molecule is CC(C)(C)c1ccc(N)c(-c2ccccc2CC#N)n1.Nc1ccc(O)c(C(=O)O)c1. The van der Waals surface area contributed by atoms with E-state index < -0.39 is 5.97 Å². The molecule has 7 nitrogen and oxygen atoms in total. The van der Waals surface area contributed by atoms with Crippen LogP contribution in [0.15, 0.2) is 54.6 Å². The average Bonchev–Trinajstić information content (AvgIpc) is 2.70. The standard InChI is InChI=1S/C17H19N3.C7H7NO3/c1-17(2,3)15-9-8-14(19)16(20-15)13-7-5-4-6-12(13)10-11-18;8-4-1-2-6(9)5(3-4)7(10)11/h4-9H,10,19H2,1-3H3;1-3,9H,8H2,(H,10,11). The lowest BCUT2D eigenvalue weighted by molar-refractivity contribution is 0.0694. The first kappa shape index (κ1) is 23.2. The normalized spacial score (nSPS) is 10.5. The quantitative estimate of drug-likeness (QED) is 0.365. The zero-order chi connectivity index (χ0) is 23.2. The van der Waals surface area contributed by atoms with E-state index >= 15 is 0 Å². The highest BCUT2D eigenvalue weighted by Gasteiger charge is 2.18. The number of hydrogen-bond acceptors (Lipinski definition) is 6. The summed E-state index contributed by atoms with van der Waals surface area (Å²) in [5, 5.41) is 26.4. The van der Waals surface area contributed by atoms with Crippen LogP contribution < -0.4 is 11.5 Å². The van der Waals surface area contributed by atoms with Crippen LogP contribution >= 0.6 is 0 Å². The smallest absolute Gasteiger partial charge is 0.339 e. The maximum absolute atomic E-state index is 10.4. The number of carboxylic acids is 1. The molecule has 0 amide bonds. The second-order valence-electron chi connectivity index (χ2n) is 7.96. The molecule has 0 aliphatic heterocycles. The van der Waals surface area contributed by atoms with Crippen LogP contribution in [0.3, 0.4) is 0 Å². The van der Waals surface area contributed by atoms with Gasteiger partial charge in [-0.25, -0.2) is 4.79 Å². The Balaban J connectivity index is 0.000000262. The number of aromatic nitrogens is 1. The van der Waals surface area contributed by atoms with E-state index in [9.17, 15) is 4.79 Å². The maximum Gasteiger partial charge on any atom is 0.339 e. The molecule has 2 aromatic carbocycles. The minimum absolute atomic E-state index is 0.0351. The van der Waals surface area contributed by atoms with Gasteiger partial charge < -0.3 is 21.7 Å². The maximum atomic E-state index is 10.4. The van der Waals surface area contributed by atoms with Gasteiger partial charge in [0.05, 0.1) is 23.9 Å². The minimum atomic E-state index is -1.19. The van der Waals surface area contributed by atoms with E-state index in [-0.39, 0.29) is 16.7 Å². The molecule has 160 valence electrons. The van der Waals surface area contributed by atoms with E-state index in [1.54, 1.807) is 0 Å². The van der Waals surface area contributed by atoms with Gasteiger partial charge in [-0.2, -0.15) is 5.26 Å². The highest BCUT2D eigenvalue weighted by atomic mass is 16.4. The zero-order valence-electron chi connectivity index (χ0n) is 17.8. The number of phenols is 1. The van der Waals surface area contributed by atoms with Gasteiger partial charge in [0.25, 0.3) is 0 Å². The van der Waals surface area contributed by atoms with Crippen molar-refractivity contribution in [2.24, 2.45) is 0 Å². The molecule has 0 saturated heterocycles. The lowest BCUT2D eigenvalue weighted by Crippen LogP contribution is -2.14. The lowest BCUT2D eigenvalue weighted by Gasteiger charge is -2.20. The Morgan fingerprint density at radius 2 is 1.77 bits per heavy atom. The average molecular weight is 418 g/mol. The summed E-state index contributed by atoms with van der Waals surface area (Å²) in [7, 11) is 0. The summed E-state index contributed by atoms with van der Waals surface area (Å²) in [6.45, 7) is 6.36. The summed E-state index contributed by atoms with van der Waals surface area (Å²) in [4.78, 5) is 15.1. The van der Waals surface area contributed by atoms with Gasteiger partial charge in [-0.1, -0.05) is 45.0 Å². The van der Waals surface area contributed by atoms with Crippen LogP contribution in [0.25, 0.3) is 11.3 Å². The molecule has 0 bridgehead atoms. The van der Waals surface area contributed by atoms with Gasteiger partial charge in [0.2, 0.25) is 0 Å². The summed E-state index contributed by atoms with van der Waals surface area (Å²) in [5.41, 5.74) is 15.8. The highest BCUT2D eigenvalue weighted by Crippen LogP contribution is 2.30. The van der Waals surface area contributed by atoms with Crippen LogP contribution in [0.2, 0.25) is 0 Å². The Bertz CT molecular complexity index is 1130. The summed E-state index contributed by atoms with van der Waals surface area (Å²) in [5.74, 6) is -1.46. The largest absolute Gasteiger partial charge is 0.507 e. The van der Waals surface area contributed by atoms with E-state index in [1.165, 1.54) is 18.2 Å². The molecule has 3 rings (SSSR count). The molecule has 1 heterocycles. The number of aromatic hydroxyl groups is 1. The van der Waals surface area contributed by atoms with Gasteiger partial charge in [-0.3, -0.25) is 4.98 Å². The third-order valence-electron chi connectivity index (χ3n) is 4.49. The number of rotatable bonds is 3. The van der Waals surface area contributed by atoms with Crippen molar-refractivity contribution in [2.45, 2.75) is 32.6 Å². The number of carbonyl (C=O) groups is 1. The fourth-order valence-electron chi connectivity index (χ4n) is 2.82. The Kier molecular flexibility index (Phi) is 7.22. The minimum Gasteiger partial charge on any atom is -0.507 e. The van der Waals surface area contributed by atoms with Crippen molar-refractivity contribution in [1.29, 1.82) is 5.26 Å². The molecule has 7 heteroatoms. The van der Waals surface area contributed by atoms with Crippen molar-refractivity contribution in [1.82, 2.24) is 4.98 Å². The molecule has 0 aliphatic rings. The fraction of sp³-hybridized carbons (Fsp3) is 0.208. The predicted octanol–water partition coefficient (Wildman–Crippen LogP) is 4.37. The summed E-state index contributed by atoms with van der Waals surface area (Å²) >= 11 is 0. The molecule has 3 aromatic rings. The number of pyridine rings is 1. The first-order valence-electron chi connectivity index (χ1n) is 9.58. The molecule has 1 aromatic heterocycles. The Labute approximate surface area is 181 Å². The van der Waals surface area contributed by atoms with Gasteiger partial charge in [0, 0.05) is 22.4 Å². The van der Waals surface area contributed by atoms with Crippen molar-refractivity contribution in [3.63, 3.8) is 0 Å². The summed E-state index contributed by atoms with van der Waals surface area (Å²) in [6, 6.07) is 17.7. The molecule has 0 unspecified atom stereocenters. The number of hydrogen-bond donors (Lipinski definition) is 4. The first-order valence-corrected chi connectivity index (χ1v) is 9.58. The lowest BCUT2D eigenvalue weighted by atomic mass is 9.90.